The topological polar surface area (TPSA) is 24.5 Å². The molecule has 0 unspecified atom stereocenters. The van der Waals surface area contributed by atoms with Crippen molar-refractivity contribution in [3.63, 3.8) is 0 Å². The quantitative estimate of drug-likeness (QED) is 0.763. The van der Waals surface area contributed by atoms with Crippen molar-refractivity contribution in [1.82, 2.24) is 10.2 Å². The number of piperazine rings is 1. The largest absolute Gasteiger partial charge is 0.489 e. The van der Waals surface area contributed by atoms with E-state index in [2.05, 4.69) is 5.32 Å². The van der Waals surface area contributed by atoms with Gasteiger partial charge in [-0.3, -0.25) is 4.90 Å². The van der Waals surface area contributed by atoms with Gasteiger partial charge in [0.1, 0.15) is 0 Å². The maximum atomic E-state index is 14.2. The first-order valence-corrected chi connectivity index (χ1v) is 8.33. The molecule has 0 saturated carbocycles. The number of nitrogens with zero attached hydrogens (tertiary/aromatic N) is 1. The van der Waals surface area contributed by atoms with Gasteiger partial charge in [0.2, 0.25) is 0 Å². The van der Waals surface area contributed by atoms with Crippen LogP contribution in [0.2, 0.25) is 5.02 Å². The Balaban J connectivity index is 2.28. The summed E-state index contributed by atoms with van der Waals surface area (Å²) in [7, 11) is 0. The Bertz CT molecular complexity index is 524. The Morgan fingerprint density at radius 1 is 1.29 bits per heavy atom. The van der Waals surface area contributed by atoms with Crippen molar-refractivity contribution in [2.75, 3.05) is 32.8 Å². The molecule has 2 rings (SSSR count). The molecule has 0 spiro atoms. The van der Waals surface area contributed by atoms with Gasteiger partial charge in [-0.05, 0) is 31.0 Å². The van der Waals surface area contributed by atoms with E-state index in [1.165, 1.54) is 12.1 Å². The number of ether oxygens (including phenoxy) is 1. The average Bonchev–Trinajstić information content (AvgIpc) is 2.51. The van der Waals surface area contributed by atoms with Crippen molar-refractivity contribution in [2.45, 2.75) is 32.0 Å². The smallest absolute Gasteiger partial charge is 0.389 e. The number of benzene rings is 1. The van der Waals surface area contributed by atoms with Crippen LogP contribution in [0.15, 0.2) is 12.1 Å². The Kier molecular flexibility index (Phi) is 6.71. The van der Waals surface area contributed by atoms with E-state index in [1.54, 1.807) is 6.92 Å². The predicted molar refractivity (Wildman–Crippen MR) is 85.1 cm³/mol. The number of hydrogen-bond donors (Lipinski definition) is 1. The van der Waals surface area contributed by atoms with E-state index in [0.717, 1.165) is 0 Å². The molecule has 1 atom stereocenters. The molecule has 0 radical (unpaired) electrons. The fourth-order valence-corrected chi connectivity index (χ4v) is 3.18. The van der Waals surface area contributed by atoms with Crippen molar-refractivity contribution in [1.29, 1.82) is 0 Å². The van der Waals surface area contributed by atoms with Crippen LogP contribution in [0.1, 0.15) is 31.4 Å². The van der Waals surface area contributed by atoms with Crippen LogP contribution in [0.5, 0.6) is 5.75 Å². The molecule has 0 aliphatic carbocycles. The molecule has 1 saturated heterocycles. The van der Waals surface area contributed by atoms with E-state index >= 15 is 0 Å². The first kappa shape index (κ1) is 19.3. The van der Waals surface area contributed by atoms with E-state index in [1.807, 2.05) is 4.90 Å². The highest BCUT2D eigenvalue weighted by molar-refractivity contribution is 6.32. The summed E-state index contributed by atoms with van der Waals surface area (Å²) in [4.78, 5) is 1.94. The monoisotopic (exact) mass is 368 g/mol. The summed E-state index contributed by atoms with van der Waals surface area (Å²) >= 11 is 6.07. The third kappa shape index (κ3) is 5.22. The van der Waals surface area contributed by atoms with Gasteiger partial charge in [0.15, 0.2) is 11.6 Å². The Morgan fingerprint density at radius 2 is 1.96 bits per heavy atom. The highest BCUT2D eigenvalue weighted by atomic mass is 35.5. The number of rotatable bonds is 6. The lowest BCUT2D eigenvalue weighted by atomic mass is 9.99. The van der Waals surface area contributed by atoms with E-state index in [0.29, 0.717) is 31.7 Å². The lowest BCUT2D eigenvalue weighted by molar-refractivity contribution is -0.138. The Morgan fingerprint density at radius 3 is 2.50 bits per heavy atom. The fourth-order valence-electron chi connectivity index (χ4n) is 2.91. The number of hydrogen-bond acceptors (Lipinski definition) is 3. The molecule has 1 aliphatic rings. The van der Waals surface area contributed by atoms with Crippen LogP contribution < -0.4 is 10.1 Å². The number of nitrogens with one attached hydrogen (secondary N) is 1. The summed E-state index contributed by atoms with van der Waals surface area (Å²) < 4.78 is 57.4. The van der Waals surface area contributed by atoms with Gasteiger partial charge in [0, 0.05) is 38.6 Å². The lowest BCUT2D eigenvalue weighted by Crippen LogP contribution is -2.45. The van der Waals surface area contributed by atoms with Crippen LogP contribution in [0.25, 0.3) is 0 Å². The molecule has 3 nitrogen and oxygen atoms in total. The van der Waals surface area contributed by atoms with E-state index < -0.39 is 24.5 Å². The van der Waals surface area contributed by atoms with Crippen LogP contribution in [-0.2, 0) is 0 Å². The molecule has 0 amide bonds. The summed E-state index contributed by atoms with van der Waals surface area (Å²) in [5.74, 6) is -0.704. The minimum Gasteiger partial charge on any atom is -0.489 e. The van der Waals surface area contributed by atoms with Crippen molar-refractivity contribution in [2.24, 2.45) is 0 Å². The van der Waals surface area contributed by atoms with Crippen LogP contribution in [0.3, 0.4) is 0 Å². The standard InChI is InChI=1S/C16H21ClF4N2O/c1-2-24-15-12(17)9-11(10-13(15)18)14(3-4-16(19,20)21)23-7-5-22-6-8-23/h9-10,14,22H,2-8H2,1H3/t14-/m1/s1. The zero-order valence-corrected chi connectivity index (χ0v) is 14.2. The minimum atomic E-state index is -4.25. The average molecular weight is 369 g/mol. The number of halogens is 5. The zero-order valence-electron chi connectivity index (χ0n) is 13.4. The molecule has 1 aromatic rings. The van der Waals surface area contributed by atoms with Crippen LogP contribution in [-0.4, -0.2) is 43.9 Å². The first-order valence-electron chi connectivity index (χ1n) is 7.95. The molecular weight excluding hydrogens is 348 g/mol. The molecule has 1 N–H and O–H groups in total. The highest BCUT2D eigenvalue weighted by Gasteiger charge is 2.32. The molecular formula is C16H21ClF4N2O. The van der Waals surface area contributed by atoms with Gasteiger partial charge in [-0.25, -0.2) is 4.39 Å². The second kappa shape index (κ2) is 8.36. The summed E-state index contributed by atoms with van der Waals surface area (Å²) in [6.45, 7) is 4.55. The maximum Gasteiger partial charge on any atom is 0.389 e. The molecule has 1 fully saturated rings. The molecule has 0 aromatic heterocycles. The first-order chi connectivity index (χ1) is 11.3. The van der Waals surface area contributed by atoms with E-state index in [-0.39, 0.29) is 23.8 Å². The summed E-state index contributed by atoms with van der Waals surface area (Å²) in [5.41, 5.74) is 0.451. The normalized spacial score (nSPS) is 17.8. The minimum absolute atomic E-state index is 0.0576. The van der Waals surface area contributed by atoms with Crippen molar-refractivity contribution in [3.8, 4) is 5.75 Å². The molecule has 0 bridgehead atoms. The predicted octanol–water partition coefficient (Wildman–Crippen LogP) is 4.17. The van der Waals surface area contributed by atoms with Gasteiger partial charge < -0.3 is 10.1 Å². The highest BCUT2D eigenvalue weighted by Crippen LogP contribution is 2.36. The zero-order chi connectivity index (χ0) is 17.7. The Labute approximate surface area is 143 Å². The maximum absolute atomic E-state index is 14.2. The van der Waals surface area contributed by atoms with Crippen LogP contribution >= 0.6 is 11.6 Å². The molecule has 1 aliphatic heterocycles. The Hall–Kier alpha value is -1.05. The third-order valence-electron chi connectivity index (χ3n) is 3.99. The number of alkyl halides is 3. The summed E-state index contributed by atoms with van der Waals surface area (Å²) in [5, 5.41) is 3.24. The van der Waals surface area contributed by atoms with E-state index in [9.17, 15) is 17.6 Å². The van der Waals surface area contributed by atoms with Gasteiger partial charge in [-0.15, -0.1) is 0 Å². The third-order valence-corrected chi connectivity index (χ3v) is 4.27. The second-order valence-electron chi connectivity index (χ2n) is 5.70. The van der Waals surface area contributed by atoms with Crippen LogP contribution in [0, 0.1) is 5.82 Å². The summed E-state index contributed by atoms with van der Waals surface area (Å²) in [6, 6.07) is 2.22. The fraction of sp³-hybridized carbons (Fsp3) is 0.625. The molecule has 136 valence electrons. The van der Waals surface area contributed by atoms with Crippen LogP contribution in [0.4, 0.5) is 17.6 Å². The van der Waals surface area contributed by atoms with Crippen molar-refractivity contribution >= 4 is 11.6 Å². The molecule has 24 heavy (non-hydrogen) atoms. The van der Waals surface area contributed by atoms with Gasteiger partial charge in [-0.1, -0.05) is 11.6 Å². The van der Waals surface area contributed by atoms with Gasteiger partial charge >= 0.3 is 6.18 Å². The van der Waals surface area contributed by atoms with Gasteiger partial charge in [-0.2, -0.15) is 13.2 Å². The molecule has 1 aromatic carbocycles. The van der Waals surface area contributed by atoms with Gasteiger partial charge in [0.25, 0.3) is 0 Å². The lowest BCUT2D eigenvalue weighted by Gasteiger charge is -2.35. The molecule has 8 heteroatoms. The summed E-state index contributed by atoms with van der Waals surface area (Å²) in [6.07, 6.45) is -5.30. The van der Waals surface area contributed by atoms with Crippen molar-refractivity contribution in [3.05, 3.63) is 28.5 Å². The van der Waals surface area contributed by atoms with Gasteiger partial charge in [0.05, 0.1) is 11.6 Å². The van der Waals surface area contributed by atoms with Crippen molar-refractivity contribution < 1.29 is 22.3 Å². The molecule has 1 heterocycles. The SMILES string of the molecule is CCOc1c(F)cc([C@@H](CCC(F)(F)F)N2CCNCC2)cc1Cl. The second-order valence-corrected chi connectivity index (χ2v) is 6.11. The van der Waals surface area contributed by atoms with E-state index in [4.69, 9.17) is 16.3 Å².